The number of carbonyl (C=O) groups excluding carboxylic acids is 2. The molecule has 0 spiro atoms. The van der Waals surface area contributed by atoms with Gasteiger partial charge in [-0.1, -0.05) is 18.2 Å². The van der Waals surface area contributed by atoms with Gasteiger partial charge in [0.15, 0.2) is 0 Å². The Morgan fingerprint density at radius 2 is 1.92 bits per heavy atom. The SMILES string of the molecule is COC(=O)[C@@H]1CN(C(=O)c2ccc3c(c2)CCC3)c2ccccc2O1. The van der Waals surface area contributed by atoms with Gasteiger partial charge >= 0.3 is 5.97 Å². The van der Waals surface area contributed by atoms with Gasteiger partial charge in [0.25, 0.3) is 5.91 Å². The summed E-state index contributed by atoms with van der Waals surface area (Å²) in [5.41, 5.74) is 3.89. The monoisotopic (exact) mass is 337 g/mol. The second kappa shape index (κ2) is 6.24. The van der Waals surface area contributed by atoms with Crippen LogP contribution in [0.25, 0.3) is 0 Å². The number of carbonyl (C=O) groups is 2. The molecule has 2 aliphatic rings. The van der Waals surface area contributed by atoms with Crippen molar-refractivity contribution in [1.29, 1.82) is 0 Å². The van der Waals surface area contributed by atoms with E-state index >= 15 is 0 Å². The maximum atomic E-state index is 13.1. The molecular formula is C20H19NO4. The summed E-state index contributed by atoms with van der Waals surface area (Å²) in [6.07, 6.45) is 2.41. The van der Waals surface area contributed by atoms with Crippen molar-refractivity contribution in [3.8, 4) is 5.75 Å². The van der Waals surface area contributed by atoms with Crippen molar-refractivity contribution in [2.24, 2.45) is 0 Å². The van der Waals surface area contributed by atoms with Crippen LogP contribution in [0.3, 0.4) is 0 Å². The molecular weight excluding hydrogens is 318 g/mol. The van der Waals surface area contributed by atoms with Crippen molar-refractivity contribution >= 4 is 17.6 Å². The number of benzene rings is 2. The van der Waals surface area contributed by atoms with E-state index in [2.05, 4.69) is 0 Å². The lowest BCUT2D eigenvalue weighted by Crippen LogP contribution is -2.47. The average Bonchev–Trinajstić information content (AvgIpc) is 3.13. The quantitative estimate of drug-likeness (QED) is 0.791. The third-order valence-electron chi connectivity index (χ3n) is 4.83. The predicted molar refractivity (Wildman–Crippen MR) is 93.0 cm³/mol. The number of hydrogen-bond donors (Lipinski definition) is 0. The second-order valence-electron chi connectivity index (χ2n) is 6.35. The van der Waals surface area contributed by atoms with Gasteiger partial charge in [0.2, 0.25) is 6.10 Å². The molecule has 128 valence electrons. The van der Waals surface area contributed by atoms with Crippen molar-refractivity contribution in [2.75, 3.05) is 18.6 Å². The first-order valence-electron chi connectivity index (χ1n) is 8.44. The van der Waals surface area contributed by atoms with Gasteiger partial charge in [-0.05, 0) is 54.7 Å². The minimum Gasteiger partial charge on any atom is -0.475 e. The first kappa shape index (κ1) is 15.7. The fourth-order valence-corrected chi connectivity index (χ4v) is 3.54. The zero-order valence-corrected chi connectivity index (χ0v) is 14.0. The number of para-hydroxylation sites is 2. The molecule has 0 saturated heterocycles. The van der Waals surface area contributed by atoms with Crippen LogP contribution >= 0.6 is 0 Å². The standard InChI is InChI=1S/C20H19NO4/c1-24-20(23)18-12-21(16-7-2-3-8-17(16)25-18)19(22)15-10-9-13-5-4-6-14(13)11-15/h2-3,7-11,18H,4-6,12H2,1H3/t18-/m0/s1. The van der Waals surface area contributed by atoms with E-state index < -0.39 is 12.1 Å². The fourth-order valence-electron chi connectivity index (χ4n) is 3.54. The van der Waals surface area contributed by atoms with Gasteiger partial charge in [0.1, 0.15) is 5.75 Å². The number of hydrogen-bond acceptors (Lipinski definition) is 4. The van der Waals surface area contributed by atoms with E-state index in [0.717, 1.165) is 19.3 Å². The van der Waals surface area contributed by atoms with E-state index in [1.165, 1.54) is 18.2 Å². The lowest BCUT2D eigenvalue weighted by atomic mass is 10.0. The number of amides is 1. The number of fused-ring (bicyclic) bond motifs is 2. The summed E-state index contributed by atoms with van der Waals surface area (Å²) in [5, 5.41) is 0. The maximum absolute atomic E-state index is 13.1. The molecule has 0 saturated carbocycles. The highest BCUT2D eigenvalue weighted by molar-refractivity contribution is 6.08. The second-order valence-corrected chi connectivity index (χ2v) is 6.35. The molecule has 2 aromatic carbocycles. The molecule has 4 rings (SSSR count). The Kier molecular flexibility index (Phi) is 3.92. The first-order valence-corrected chi connectivity index (χ1v) is 8.44. The van der Waals surface area contributed by atoms with Gasteiger partial charge in [-0.25, -0.2) is 4.79 Å². The molecule has 0 aromatic heterocycles. The molecule has 2 aromatic rings. The van der Waals surface area contributed by atoms with Gasteiger partial charge < -0.3 is 14.4 Å². The Hall–Kier alpha value is -2.82. The molecule has 0 bridgehead atoms. The predicted octanol–water partition coefficient (Wildman–Crippen LogP) is 2.76. The van der Waals surface area contributed by atoms with E-state index in [-0.39, 0.29) is 12.5 Å². The van der Waals surface area contributed by atoms with Gasteiger partial charge in [0, 0.05) is 5.56 Å². The smallest absolute Gasteiger partial charge is 0.348 e. The number of methoxy groups -OCH3 is 1. The largest absolute Gasteiger partial charge is 0.475 e. The molecule has 1 aliphatic carbocycles. The molecule has 1 heterocycles. The molecule has 0 unspecified atom stereocenters. The van der Waals surface area contributed by atoms with Crippen LogP contribution in [0, 0.1) is 0 Å². The van der Waals surface area contributed by atoms with Crippen LogP contribution in [0.2, 0.25) is 0 Å². The molecule has 1 amide bonds. The molecule has 1 atom stereocenters. The van der Waals surface area contributed by atoms with Crippen LogP contribution in [0.15, 0.2) is 42.5 Å². The Morgan fingerprint density at radius 3 is 2.76 bits per heavy atom. The lowest BCUT2D eigenvalue weighted by molar-refractivity contribution is -0.148. The Labute approximate surface area is 146 Å². The highest BCUT2D eigenvalue weighted by atomic mass is 16.6. The van der Waals surface area contributed by atoms with Crippen LogP contribution in [-0.2, 0) is 22.4 Å². The summed E-state index contributed by atoms with van der Waals surface area (Å²) in [7, 11) is 1.32. The zero-order valence-electron chi connectivity index (χ0n) is 14.0. The summed E-state index contributed by atoms with van der Waals surface area (Å²) in [5.74, 6) is -0.0979. The van der Waals surface area contributed by atoms with E-state index in [0.29, 0.717) is 17.0 Å². The Balaban J connectivity index is 1.70. The molecule has 0 radical (unpaired) electrons. The van der Waals surface area contributed by atoms with E-state index in [1.54, 1.807) is 11.0 Å². The number of ether oxygens (including phenoxy) is 2. The molecule has 25 heavy (non-hydrogen) atoms. The van der Waals surface area contributed by atoms with Crippen LogP contribution in [-0.4, -0.2) is 31.6 Å². The van der Waals surface area contributed by atoms with Gasteiger partial charge in [0.05, 0.1) is 19.3 Å². The summed E-state index contributed by atoms with van der Waals surface area (Å²) < 4.78 is 10.5. The van der Waals surface area contributed by atoms with Gasteiger partial charge in [-0.15, -0.1) is 0 Å². The van der Waals surface area contributed by atoms with Crippen molar-refractivity contribution < 1.29 is 19.1 Å². The van der Waals surface area contributed by atoms with Crippen molar-refractivity contribution in [3.63, 3.8) is 0 Å². The Bertz CT molecular complexity index is 845. The third-order valence-corrected chi connectivity index (χ3v) is 4.83. The van der Waals surface area contributed by atoms with Crippen molar-refractivity contribution in [1.82, 2.24) is 0 Å². The summed E-state index contributed by atoms with van der Waals surface area (Å²) in [6.45, 7) is 0.138. The fraction of sp³-hybridized carbons (Fsp3) is 0.300. The van der Waals surface area contributed by atoms with E-state index in [1.807, 2.05) is 36.4 Å². The van der Waals surface area contributed by atoms with E-state index in [4.69, 9.17) is 9.47 Å². The Morgan fingerprint density at radius 1 is 1.12 bits per heavy atom. The highest BCUT2D eigenvalue weighted by Crippen LogP contribution is 2.34. The molecule has 0 fully saturated rings. The highest BCUT2D eigenvalue weighted by Gasteiger charge is 2.35. The average molecular weight is 337 g/mol. The van der Waals surface area contributed by atoms with Crippen molar-refractivity contribution in [2.45, 2.75) is 25.4 Å². The lowest BCUT2D eigenvalue weighted by Gasteiger charge is -2.33. The minimum atomic E-state index is -0.821. The summed E-state index contributed by atoms with van der Waals surface area (Å²) in [4.78, 5) is 26.7. The number of nitrogens with zero attached hydrogens (tertiary/aromatic N) is 1. The number of esters is 1. The number of anilines is 1. The molecule has 5 nitrogen and oxygen atoms in total. The molecule has 1 aliphatic heterocycles. The maximum Gasteiger partial charge on any atom is 0.348 e. The number of aryl methyl sites for hydroxylation is 2. The van der Waals surface area contributed by atoms with Crippen LogP contribution in [0.4, 0.5) is 5.69 Å². The van der Waals surface area contributed by atoms with Gasteiger partial charge in [-0.3, -0.25) is 4.79 Å². The third kappa shape index (κ3) is 2.76. The van der Waals surface area contributed by atoms with Crippen LogP contribution in [0.5, 0.6) is 5.75 Å². The first-order chi connectivity index (χ1) is 12.2. The van der Waals surface area contributed by atoms with Crippen LogP contribution < -0.4 is 9.64 Å². The minimum absolute atomic E-state index is 0.126. The zero-order chi connectivity index (χ0) is 17.4. The van der Waals surface area contributed by atoms with E-state index in [9.17, 15) is 9.59 Å². The topological polar surface area (TPSA) is 55.8 Å². The molecule has 5 heteroatoms. The number of rotatable bonds is 2. The summed E-state index contributed by atoms with van der Waals surface area (Å²) >= 11 is 0. The van der Waals surface area contributed by atoms with Crippen LogP contribution in [0.1, 0.15) is 27.9 Å². The normalized spacial score (nSPS) is 18.1. The van der Waals surface area contributed by atoms with Gasteiger partial charge in [-0.2, -0.15) is 0 Å². The van der Waals surface area contributed by atoms with Crippen molar-refractivity contribution in [3.05, 3.63) is 59.2 Å². The molecule has 0 N–H and O–H groups in total. The summed E-state index contributed by atoms with van der Waals surface area (Å²) in [6, 6.07) is 13.1.